The Labute approximate surface area is 274 Å². The number of aliphatic hydroxyl groups is 10. The molecule has 0 aromatic carbocycles. The van der Waals surface area contributed by atoms with E-state index >= 15 is 0 Å². The van der Waals surface area contributed by atoms with Gasteiger partial charge in [-0.3, -0.25) is 4.79 Å². The largest absolute Gasteiger partial charge is 0.481 e. The van der Waals surface area contributed by atoms with Crippen molar-refractivity contribution in [1.82, 2.24) is 10.6 Å². The van der Waals surface area contributed by atoms with Gasteiger partial charge in [0.2, 0.25) is 0 Å². The minimum absolute atomic E-state index is 0.0325. The fourth-order valence-electron chi connectivity index (χ4n) is 5.25. The van der Waals surface area contributed by atoms with E-state index in [2.05, 4.69) is 10.6 Å². The highest BCUT2D eigenvalue weighted by atomic mass is 16.7. The third-order valence-corrected chi connectivity index (χ3v) is 8.08. The average Bonchev–Trinajstić information content (AvgIpc) is 3.06. The van der Waals surface area contributed by atoms with Gasteiger partial charge in [-0.2, -0.15) is 0 Å². The van der Waals surface area contributed by atoms with Crippen molar-refractivity contribution in [1.29, 1.82) is 0 Å². The number of carboxylic acid groups (broad SMARTS) is 1. The van der Waals surface area contributed by atoms with Crippen LogP contribution in [-0.4, -0.2) is 200 Å². The van der Waals surface area contributed by atoms with Crippen LogP contribution in [0.25, 0.3) is 0 Å². The van der Waals surface area contributed by atoms with Gasteiger partial charge >= 0.3 is 12.0 Å². The Bertz CT molecular complexity index is 979. The molecule has 0 aromatic heterocycles. The molecule has 3 saturated heterocycles. The highest BCUT2D eigenvalue weighted by Gasteiger charge is 2.52. The van der Waals surface area contributed by atoms with Crippen LogP contribution in [0.1, 0.15) is 25.7 Å². The number of nitrogens with one attached hydrogen (secondary N) is 2. The van der Waals surface area contributed by atoms with E-state index in [0.717, 1.165) is 0 Å². The Morgan fingerprint density at radius 2 is 1.12 bits per heavy atom. The molecule has 3 fully saturated rings. The molecule has 3 rings (SSSR count). The summed E-state index contributed by atoms with van der Waals surface area (Å²) in [4.78, 5) is 22.6. The van der Waals surface area contributed by atoms with Crippen molar-refractivity contribution in [2.24, 2.45) is 0 Å². The minimum atomic E-state index is -1.90. The number of urea groups is 1. The molecular weight excluding hydrogens is 656 g/mol. The van der Waals surface area contributed by atoms with E-state index in [1.807, 2.05) is 0 Å². The summed E-state index contributed by atoms with van der Waals surface area (Å²) in [5.74, 6) is -0.901. The Kier molecular flexibility index (Phi) is 16.4. The molecule has 3 aliphatic rings. The Morgan fingerprint density at radius 3 is 1.73 bits per heavy atom. The number of rotatable bonds is 17. The first kappa shape index (κ1) is 40.5. The second kappa shape index (κ2) is 19.5. The van der Waals surface area contributed by atoms with Gasteiger partial charge < -0.3 is 95.2 Å². The fraction of sp³-hybridized carbons (Fsp3) is 0.926. The minimum Gasteiger partial charge on any atom is -0.481 e. The van der Waals surface area contributed by atoms with E-state index in [1.165, 1.54) is 0 Å². The van der Waals surface area contributed by atoms with Crippen LogP contribution in [0.3, 0.4) is 0 Å². The number of carboxylic acids is 1. The van der Waals surface area contributed by atoms with Crippen LogP contribution in [0, 0.1) is 0 Å². The average molecular weight is 705 g/mol. The predicted molar refractivity (Wildman–Crippen MR) is 152 cm³/mol. The van der Waals surface area contributed by atoms with E-state index in [4.69, 9.17) is 33.5 Å². The molecule has 0 aliphatic carbocycles. The molecule has 21 heteroatoms. The smallest absolute Gasteiger partial charge is 0.314 e. The number of hydrogen-bond donors (Lipinski definition) is 13. The molecule has 0 saturated carbocycles. The number of amides is 2. The van der Waals surface area contributed by atoms with Gasteiger partial charge in [0, 0.05) is 19.5 Å². The summed E-state index contributed by atoms with van der Waals surface area (Å²) in [6.07, 6.45) is -23.4. The highest BCUT2D eigenvalue weighted by molar-refractivity contribution is 5.73. The molecule has 21 nitrogen and oxygen atoms in total. The molecule has 15 atom stereocenters. The van der Waals surface area contributed by atoms with Crippen molar-refractivity contribution in [3.05, 3.63) is 0 Å². The van der Waals surface area contributed by atoms with E-state index in [0.29, 0.717) is 25.8 Å². The summed E-state index contributed by atoms with van der Waals surface area (Å²) in [5.41, 5.74) is 0. The Morgan fingerprint density at radius 1 is 0.583 bits per heavy atom. The second-order valence-corrected chi connectivity index (χ2v) is 11.6. The predicted octanol–water partition coefficient (Wildman–Crippen LogP) is -6.60. The van der Waals surface area contributed by atoms with Gasteiger partial charge in [-0.05, 0) is 12.8 Å². The summed E-state index contributed by atoms with van der Waals surface area (Å²) < 4.78 is 33.0. The summed E-state index contributed by atoms with van der Waals surface area (Å²) in [7, 11) is 0. The lowest BCUT2D eigenvalue weighted by molar-refractivity contribution is -0.365. The molecule has 3 aliphatic heterocycles. The van der Waals surface area contributed by atoms with Crippen LogP contribution in [0.4, 0.5) is 4.79 Å². The lowest BCUT2D eigenvalue weighted by Crippen LogP contribution is -2.65. The first-order valence-corrected chi connectivity index (χ1v) is 15.5. The van der Waals surface area contributed by atoms with E-state index in [1.54, 1.807) is 0 Å². The fourth-order valence-corrected chi connectivity index (χ4v) is 5.25. The molecule has 13 N–H and O–H groups in total. The number of ether oxygens (including phenoxy) is 6. The van der Waals surface area contributed by atoms with Crippen molar-refractivity contribution in [3.63, 3.8) is 0 Å². The molecule has 2 amide bonds. The number of hydrogen-bond acceptors (Lipinski definition) is 18. The van der Waals surface area contributed by atoms with Crippen LogP contribution in [0.2, 0.25) is 0 Å². The van der Waals surface area contributed by atoms with Gasteiger partial charge in [0.1, 0.15) is 73.2 Å². The topological polar surface area (TPSA) is 336 Å². The molecule has 3 heterocycles. The number of aliphatic carboxylic acids is 1. The van der Waals surface area contributed by atoms with Gasteiger partial charge in [0.25, 0.3) is 0 Å². The van der Waals surface area contributed by atoms with Crippen molar-refractivity contribution in [2.75, 3.05) is 39.5 Å². The number of unbranched alkanes of at least 4 members (excludes halogenated alkanes) is 2. The highest BCUT2D eigenvalue weighted by Crippen LogP contribution is 2.31. The SMILES string of the molecule is O=C(O)CCCCCNC(=O)NCCO[C@@H]1O[C@H](CO[C@H]2O[C@H](CO)[C@@H](O)[C@H](O)[C@@H]2O)[C@@H](O)[C@H](O[C@H]2O[C@H](CO)[C@@H](O)[C@H](O)[C@@H]2O)[C@@H]1O. The molecule has 0 aromatic rings. The summed E-state index contributed by atoms with van der Waals surface area (Å²) in [5, 5.41) is 116. The molecular formula is C27H48N2O19. The van der Waals surface area contributed by atoms with Crippen LogP contribution in [-0.2, 0) is 33.2 Å². The van der Waals surface area contributed by atoms with E-state index in [-0.39, 0.29) is 19.6 Å². The standard InChI is InChI=1S/C27H48N2O19/c30-8-11-15(34)18(37)20(39)24(45-11)44-10-13-17(36)23(48-26-21(40)19(38)16(35)12(9-31)46-26)22(41)25(47-13)43-7-6-29-27(42)28-5-3-1-2-4-14(32)33/h11-13,15-26,30-31,34-41H,1-10H2,(H,32,33)(H2,28,29,42)/t11-,12-,13-,15-,16-,17-,18+,19+,20+,21+,22+,23+,24+,25-,26-/m1/s1. The van der Waals surface area contributed by atoms with Crippen LogP contribution in [0.15, 0.2) is 0 Å². The zero-order valence-corrected chi connectivity index (χ0v) is 25.9. The third kappa shape index (κ3) is 10.8. The number of aliphatic hydroxyl groups excluding tert-OH is 10. The second-order valence-electron chi connectivity index (χ2n) is 11.6. The first-order valence-electron chi connectivity index (χ1n) is 15.5. The molecule has 0 spiro atoms. The molecule has 0 bridgehead atoms. The van der Waals surface area contributed by atoms with Crippen molar-refractivity contribution in [3.8, 4) is 0 Å². The first-order chi connectivity index (χ1) is 22.8. The molecule has 280 valence electrons. The van der Waals surface area contributed by atoms with Gasteiger partial charge in [0.05, 0.1) is 26.4 Å². The lowest BCUT2D eigenvalue weighted by Gasteiger charge is -2.46. The Balaban J connectivity index is 1.62. The quantitative estimate of drug-likeness (QED) is 0.0626. The Hall–Kier alpha value is -1.90. The van der Waals surface area contributed by atoms with Crippen LogP contribution in [0.5, 0.6) is 0 Å². The number of carbonyl (C=O) groups is 2. The molecule has 48 heavy (non-hydrogen) atoms. The van der Waals surface area contributed by atoms with Crippen LogP contribution < -0.4 is 10.6 Å². The molecule has 0 radical (unpaired) electrons. The number of carbonyl (C=O) groups excluding carboxylic acids is 1. The van der Waals surface area contributed by atoms with Gasteiger partial charge in [-0.1, -0.05) is 6.42 Å². The third-order valence-electron chi connectivity index (χ3n) is 8.08. The van der Waals surface area contributed by atoms with Gasteiger partial charge in [-0.15, -0.1) is 0 Å². The summed E-state index contributed by atoms with van der Waals surface area (Å²) in [6, 6.07) is -0.549. The van der Waals surface area contributed by atoms with Gasteiger partial charge in [0.15, 0.2) is 18.9 Å². The van der Waals surface area contributed by atoms with Crippen molar-refractivity contribution in [2.45, 2.75) is 118 Å². The maximum Gasteiger partial charge on any atom is 0.314 e. The lowest BCUT2D eigenvalue weighted by atomic mass is 9.96. The normalized spacial score (nSPS) is 40.3. The van der Waals surface area contributed by atoms with Crippen molar-refractivity contribution < 1.29 is 94.2 Å². The summed E-state index contributed by atoms with van der Waals surface area (Å²) in [6.45, 7) is -2.19. The monoisotopic (exact) mass is 704 g/mol. The van der Waals surface area contributed by atoms with Gasteiger partial charge in [-0.25, -0.2) is 4.79 Å². The van der Waals surface area contributed by atoms with Crippen molar-refractivity contribution >= 4 is 12.0 Å². The maximum atomic E-state index is 12.1. The molecule has 0 unspecified atom stereocenters. The summed E-state index contributed by atoms with van der Waals surface area (Å²) >= 11 is 0. The zero-order chi connectivity index (χ0) is 35.5. The maximum absolute atomic E-state index is 12.1. The van der Waals surface area contributed by atoms with Crippen LogP contribution >= 0.6 is 0 Å². The van der Waals surface area contributed by atoms with E-state index < -0.39 is 124 Å². The van der Waals surface area contributed by atoms with E-state index in [9.17, 15) is 60.7 Å². The zero-order valence-electron chi connectivity index (χ0n) is 25.9.